The second kappa shape index (κ2) is 11.2. The zero-order chi connectivity index (χ0) is 27.9. The molecule has 1 aromatic heterocycles. The molecule has 1 aliphatic heterocycles. The molecule has 0 spiro atoms. The zero-order valence-electron chi connectivity index (χ0n) is 21.1. The molecule has 206 valence electrons. The first-order valence-corrected chi connectivity index (χ1v) is 15.4. The van der Waals surface area contributed by atoms with Gasteiger partial charge in [-0.25, -0.2) is 13.1 Å². The van der Waals surface area contributed by atoms with Gasteiger partial charge in [0.25, 0.3) is 0 Å². The molecule has 12 heteroatoms. The molecule has 1 saturated heterocycles. The fraction of sp³-hybridized carbons (Fsp3) is 0.370. The van der Waals surface area contributed by atoms with Gasteiger partial charge in [0.1, 0.15) is 5.56 Å². The summed E-state index contributed by atoms with van der Waals surface area (Å²) in [5.41, 5.74) is 2.13. The van der Waals surface area contributed by atoms with Crippen molar-refractivity contribution in [2.45, 2.75) is 25.3 Å². The molecule has 0 bridgehead atoms. The third kappa shape index (κ3) is 6.18. The van der Waals surface area contributed by atoms with Crippen molar-refractivity contribution in [1.82, 2.24) is 14.7 Å². The minimum Gasteiger partial charge on any atom is -0.469 e. The number of carbonyl (C=O) groups is 2. The number of hydrogen-bond donors (Lipinski definition) is 0. The highest BCUT2D eigenvalue weighted by Crippen LogP contribution is 2.44. The summed E-state index contributed by atoms with van der Waals surface area (Å²) < 4.78 is 31.1. The number of aryl methyl sites for hydroxylation is 1. The van der Waals surface area contributed by atoms with Crippen LogP contribution in [-0.4, -0.2) is 65.9 Å². The van der Waals surface area contributed by atoms with Gasteiger partial charge in [0, 0.05) is 59.3 Å². The van der Waals surface area contributed by atoms with Crippen LogP contribution in [0.2, 0.25) is 15.1 Å². The number of nitrogens with zero attached hydrogens (tertiary/aromatic N) is 3. The normalized spacial score (nSPS) is 17.2. The van der Waals surface area contributed by atoms with Gasteiger partial charge in [0.2, 0.25) is 11.7 Å². The minimum absolute atomic E-state index is 0.0662. The van der Waals surface area contributed by atoms with Crippen LogP contribution in [0.15, 0.2) is 36.4 Å². The Labute approximate surface area is 241 Å². The minimum atomic E-state index is -3.04. The third-order valence-corrected chi connectivity index (χ3v) is 9.62. The van der Waals surface area contributed by atoms with E-state index in [-0.39, 0.29) is 57.6 Å². The monoisotopic (exact) mass is 609 g/mol. The highest BCUT2D eigenvalue weighted by atomic mass is 35.5. The van der Waals surface area contributed by atoms with Gasteiger partial charge in [-0.2, -0.15) is 5.10 Å². The first-order valence-electron chi connectivity index (χ1n) is 12.5. The summed E-state index contributed by atoms with van der Waals surface area (Å²) in [4.78, 5) is 28.7. The second-order valence-corrected chi connectivity index (χ2v) is 13.4. The highest BCUT2D eigenvalue weighted by molar-refractivity contribution is 7.91. The number of ketones is 2. The smallest absolute Gasteiger partial charge is 0.223 e. The first kappa shape index (κ1) is 28.1. The van der Waals surface area contributed by atoms with Crippen LogP contribution < -0.4 is 4.74 Å². The molecule has 2 aromatic carbocycles. The Morgan fingerprint density at radius 3 is 2.33 bits per heavy atom. The Bertz CT molecular complexity index is 1540. The fourth-order valence-electron chi connectivity index (χ4n) is 4.59. The number of halogens is 3. The van der Waals surface area contributed by atoms with E-state index < -0.39 is 9.84 Å². The average molecular weight is 611 g/mol. The standard InChI is InChI=1S/C27H26Cl3N3O5S/c1-32-27(38-15-22(34)16-4-6-18(28)7-5-16)23(25(31-32)17-2-3-17)26(35)19-8-9-21(29)20(24(19)30)14-33-10-12-39(36,37)13-11-33/h4-9,17H,2-3,10-15H2,1H3. The Morgan fingerprint density at radius 2 is 1.69 bits per heavy atom. The number of rotatable bonds is 9. The number of sulfone groups is 1. The molecule has 3 aromatic rings. The summed E-state index contributed by atoms with van der Waals surface area (Å²) >= 11 is 19.2. The largest absolute Gasteiger partial charge is 0.469 e. The molecule has 0 atom stereocenters. The van der Waals surface area contributed by atoms with Gasteiger partial charge in [0.15, 0.2) is 22.2 Å². The van der Waals surface area contributed by atoms with E-state index in [0.717, 1.165) is 12.8 Å². The fourth-order valence-corrected chi connectivity index (χ4v) is 6.57. The van der Waals surface area contributed by atoms with E-state index in [9.17, 15) is 18.0 Å². The number of aromatic nitrogens is 2. The second-order valence-electron chi connectivity index (χ2n) is 9.83. The molecule has 8 nitrogen and oxygen atoms in total. The van der Waals surface area contributed by atoms with Crippen molar-refractivity contribution in [3.8, 4) is 5.88 Å². The summed E-state index contributed by atoms with van der Waals surface area (Å²) in [5, 5.41) is 5.68. The first-order chi connectivity index (χ1) is 18.5. The molecule has 1 aliphatic carbocycles. The van der Waals surface area contributed by atoms with Crippen molar-refractivity contribution < 1.29 is 22.7 Å². The lowest BCUT2D eigenvalue weighted by molar-refractivity contribution is 0.0908. The van der Waals surface area contributed by atoms with Crippen molar-refractivity contribution in [3.05, 3.63) is 79.4 Å². The van der Waals surface area contributed by atoms with Gasteiger partial charge in [-0.1, -0.05) is 34.8 Å². The Balaban J connectivity index is 1.43. The van der Waals surface area contributed by atoms with Crippen molar-refractivity contribution in [1.29, 1.82) is 0 Å². The van der Waals surface area contributed by atoms with E-state index >= 15 is 0 Å². The Kier molecular flexibility index (Phi) is 8.08. The summed E-state index contributed by atoms with van der Waals surface area (Å²) in [6.45, 7) is 0.751. The summed E-state index contributed by atoms with van der Waals surface area (Å²) in [5.74, 6) is -0.191. The van der Waals surface area contributed by atoms with Crippen LogP contribution in [0.5, 0.6) is 5.88 Å². The van der Waals surface area contributed by atoms with Gasteiger partial charge < -0.3 is 4.74 Å². The molecule has 0 N–H and O–H groups in total. The molecule has 2 fully saturated rings. The van der Waals surface area contributed by atoms with Crippen molar-refractivity contribution in [3.63, 3.8) is 0 Å². The van der Waals surface area contributed by atoms with Crippen LogP contribution in [0.4, 0.5) is 0 Å². The Hall–Kier alpha value is -2.43. The number of benzene rings is 2. The number of ether oxygens (including phenoxy) is 1. The van der Waals surface area contributed by atoms with Gasteiger partial charge in [0.05, 0.1) is 22.2 Å². The molecule has 1 saturated carbocycles. The summed E-state index contributed by atoms with van der Waals surface area (Å²) in [6, 6.07) is 9.68. The zero-order valence-corrected chi connectivity index (χ0v) is 24.2. The van der Waals surface area contributed by atoms with Crippen molar-refractivity contribution in [2.75, 3.05) is 31.2 Å². The molecular formula is C27H26Cl3N3O5S. The summed E-state index contributed by atoms with van der Waals surface area (Å²) in [6.07, 6.45) is 1.80. The van der Waals surface area contributed by atoms with Crippen LogP contribution in [0.1, 0.15) is 56.3 Å². The van der Waals surface area contributed by atoms with Crippen LogP contribution >= 0.6 is 34.8 Å². The maximum absolute atomic E-state index is 14.0. The SMILES string of the molecule is Cn1nc(C2CC2)c(C(=O)c2ccc(Cl)c(CN3CCS(=O)(=O)CC3)c2Cl)c1OCC(=O)c1ccc(Cl)cc1. The van der Waals surface area contributed by atoms with Gasteiger partial charge in [-0.05, 0) is 49.2 Å². The number of hydrogen-bond acceptors (Lipinski definition) is 7. The molecule has 2 aliphatic rings. The van der Waals surface area contributed by atoms with E-state index in [2.05, 4.69) is 5.10 Å². The molecule has 0 unspecified atom stereocenters. The Morgan fingerprint density at radius 1 is 1.03 bits per heavy atom. The molecule has 2 heterocycles. The van der Waals surface area contributed by atoms with E-state index in [1.54, 1.807) is 43.4 Å². The predicted octanol–water partition coefficient (Wildman–Crippen LogP) is 4.98. The lowest BCUT2D eigenvalue weighted by Crippen LogP contribution is -2.39. The maximum atomic E-state index is 14.0. The van der Waals surface area contributed by atoms with Gasteiger partial charge in [-0.3, -0.25) is 14.5 Å². The van der Waals surface area contributed by atoms with E-state index in [1.165, 1.54) is 4.68 Å². The molecule has 5 rings (SSSR count). The quantitative estimate of drug-likeness (QED) is 0.315. The predicted molar refractivity (Wildman–Crippen MR) is 150 cm³/mol. The van der Waals surface area contributed by atoms with Crippen LogP contribution in [-0.2, 0) is 23.4 Å². The molecule has 39 heavy (non-hydrogen) atoms. The van der Waals surface area contributed by atoms with E-state index in [1.807, 2.05) is 4.90 Å². The average Bonchev–Trinajstić information content (AvgIpc) is 3.69. The van der Waals surface area contributed by atoms with Crippen LogP contribution in [0.3, 0.4) is 0 Å². The topological polar surface area (TPSA) is 98.6 Å². The van der Waals surface area contributed by atoms with E-state index in [4.69, 9.17) is 39.5 Å². The van der Waals surface area contributed by atoms with Crippen LogP contribution in [0.25, 0.3) is 0 Å². The summed E-state index contributed by atoms with van der Waals surface area (Å²) in [7, 11) is -1.37. The number of Topliss-reactive ketones (excluding diaryl/α,β-unsaturated/α-hetero) is 1. The van der Waals surface area contributed by atoms with Crippen LogP contribution in [0, 0.1) is 0 Å². The molecular weight excluding hydrogens is 585 g/mol. The molecule has 0 radical (unpaired) electrons. The molecule has 0 amide bonds. The van der Waals surface area contributed by atoms with Gasteiger partial charge in [-0.15, -0.1) is 0 Å². The van der Waals surface area contributed by atoms with Gasteiger partial charge >= 0.3 is 0 Å². The maximum Gasteiger partial charge on any atom is 0.223 e. The lowest BCUT2D eigenvalue weighted by atomic mass is 9.99. The van der Waals surface area contributed by atoms with Crippen molar-refractivity contribution >= 4 is 56.2 Å². The third-order valence-electron chi connectivity index (χ3n) is 6.97. The lowest BCUT2D eigenvalue weighted by Gasteiger charge is -2.27. The van der Waals surface area contributed by atoms with Crippen molar-refractivity contribution in [2.24, 2.45) is 7.05 Å². The highest BCUT2D eigenvalue weighted by Gasteiger charge is 2.36. The van der Waals surface area contributed by atoms with E-state index in [0.29, 0.717) is 46.5 Å². The number of carbonyl (C=O) groups excluding carboxylic acids is 2.